The molecule has 0 unspecified atom stereocenters. The van der Waals surface area contributed by atoms with Crippen molar-refractivity contribution in [1.82, 2.24) is 0 Å². The third kappa shape index (κ3) is 4.47. The van der Waals surface area contributed by atoms with Crippen LogP contribution >= 0.6 is 7.72 Å². The number of hydrogen-bond donors (Lipinski definition) is 2. The molecule has 5 heteroatoms. The zero-order chi connectivity index (χ0) is 21.8. The van der Waals surface area contributed by atoms with Crippen LogP contribution in [0.15, 0.2) is 97.1 Å². The van der Waals surface area contributed by atoms with Crippen LogP contribution in [0.1, 0.15) is 0 Å². The van der Waals surface area contributed by atoms with E-state index in [4.69, 9.17) is 9.47 Å². The van der Waals surface area contributed by atoms with E-state index in [-0.39, 0.29) is 0 Å². The van der Waals surface area contributed by atoms with Gasteiger partial charge in [0, 0.05) is 0 Å². The monoisotopic (exact) mass is 432 g/mol. The maximum atomic E-state index is 11.0. The number of rotatable bonds is 6. The van der Waals surface area contributed by atoms with Crippen LogP contribution in [0.3, 0.4) is 0 Å². The Kier molecular flexibility index (Phi) is 6.06. The molecule has 4 rings (SSSR count). The van der Waals surface area contributed by atoms with E-state index in [1.54, 1.807) is 38.5 Å². The van der Waals surface area contributed by atoms with Crippen molar-refractivity contribution in [2.24, 2.45) is 0 Å². The van der Waals surface area contributed by atoms with Gasteiger partial charge in [0.1, 0.15) is 0 Å². The average molecular weight is 432 g/mol. The van der Waals surface area contributed by atoms with Crippen molar-refractivity contribution in [1.29, 1.82) is 0 Å². The van der Waals surface area contributed by atoms with Crippen molar-refractivity contribution < 1.29 is 19.3 Å². The zero-order valence-electron chi connectivity index (χ0n) is 17.4. The molecule has 0 aliphatic heterocycles. The molecule has 0 aliphatic carbocycles. The van der Waals surface area contributed by atoms with Crippen LogP contribution in [0.2, 0.25) is 0 Å². The quantitative estimate of drug-likeness (QED) is 0.439. The van der Waals surface area contributed by atoms with Crippen LogP contribution in [-0.2, 0) is 0 Å². The molecule has 0 saturated heterocycles. The second kappa shape index (κ2) is 8.91. The van der Waals surface area contributed by atoms with E-state index >= 15 is 0 Å². The van der Waals surface area contributed by atoms with Gasteiger partial charge in [0.05, 0.1) is 0 Å². The number of hydrogen-bond acceptors (Lipinski definition) is 4. The van der Waals surface area contributed by atoms with Crippen molar-refractivity contribution in [3.05, 3.63) is 97.1 Å². The van der Waals surface area contributed by atoms with Crippen molar-refractivity contribution in [2.75, 3.05) is 14.2 Å². The molecule has 0 amide bonds. The summed E-state index contributed by atoms with van der Waals surface area (Å²) in [5, 5.41) is 1.09. The van der Waals surface area contributed by atoms with Crippen LogP contribution in [0.25, 0.3) is 22.3 Å². The zero-order valence-corrected chi connectivity index (χ0v) is 18.4. The Morgan fingerprint density at radius 1 is 0.452 bits per heavy atom. The van der Waals surface area contributed by atoms with Crippen molar-refractivity contribution >= 4 is 18.3 Å². The van der Waals surface area contributed by atoms with Gasteiger partial charge in [-0.1, -0.05) is 0 Å². The SMILES string of the molecule is COc1ccc(-c2ccc([PH](O)(O)c3ccc(-c4ccc(OC)cc4)cc3)cc2)cc1. The molecule has 4 aromatic rings. The molecule has 0 aromatic heterocycles. The van der Waals surface area contributed by atoms with E-state index < -0.39 is 7.72 Å². The van der Waals surface area contributed by atoms with Crippen LogP contribution in [0.4, 0.5) is 0 Å². The molecule has 2 N–H and O–H groups in total. The van der Waals surface area contributed by atoms with Crippen molar-refractivity contribution in [3.63, 3.8) is 0 Å². The fourth-order valence-corrected chi connectivity index (χ4v) is 5.12. The fraction of sp³-hybridized carbons (Fsp3) is 0.0769. The van der Waals surface area contributed by atoms with Gasteiger partial charge < -0.3 is 0 Å². The summed E-state index contributed by atoms with van der Waals surface area (Å²) < 4.78 is 10.4. The number of benzene rings is 4. The first-order chi connectivity index (χ1) is 15.0. The van der Waals surface area contributed by atoms with E-state index in [9.17, 15) is 9.79 Å². The summed E-state index contributed by atoms with van der Waals surface area (Å²) >= 11 is 0. The molecule has 0 spiro atoms. The maximum absolute atomic E-state index is 11.0. The Hall–Kier alpha value is -3.17. The van der Waals surface area contributed by atoms with Gasteiger partial charge in [-0.25, -0.2) is 0 Å². The summed E-state index contributed by atoms with van der Waals surface area (Å²) in [5.41, 5.74) is 4.09. The first-order valence-electron chi connectivity index (χ1n) is 9.96. The Balaban J connectivity index is 1.55. The van der Waals surface area contributed by atoms with Gasteiger partial charge in [0.2, 0.25) is 0 Å². The van der Waals surface area contributed by atoms with Crippen molar-refractivity contribution in [3.8, 4) is 33.8 Å². The Morgan fingerprint density at radius 3 is 0.968 bits per heavy atom. The number of methoxy groups -OCH3 is 2. The summed E-state index contributed by atoms with van der Waals surface area (Å²) in [6.45, 7) is 0. The minimum atomic E-state index is -3.77. The predicted molar refractivity (Wildman–Crippen MR) is 129 cm³/mol. The predicted octanol–water partition coefficient (Wildman–Crippen LogP) is 4.55. The fourth-order valence-electron chi connectivity index (χ4n) is 3.52. The number of ether oxygens (including phenoxy) is 2. The molecule has 0 heterocycles. The Labute approximate surface area is 182 Å². The second-order valence-corrected chi connectivity index (χ2v) is 9.78. The first kappa shape index (κ1) is 21.1. The van der Waals surface area contributed by atoms with E-state index in [1.807, 2.05) is 72.8 Å². The molecule has 0 bridgehead atoms. The van der Waals surface area contributed by atoms with E-state index in [0.717, 1.165) is 33.8 Å². The molecular formula is C26H25O4P. The van der Waals surface area contributed by atoms with Crippen LogP contribution in [0, 0.1) is 0 Å². The Morgan fingerprint density at radius 2 is 0.710 bits per heavy atom. The van der Waals surface area contributed by atoms with E-state index in [1.165, 1.54) is 0 Å². The van der Waals surface area contributed by atoms with Gasteiger partial charge in [-0.2, -0.15) is 0 Å². The molecule has 0 saturated carbocycles. The molecule has 0 atom stereocenters. The summed E-state index contributed by atoms with van der Waals surface area (Å²) in [6.07, 6.45) is 0. The van der Waals surface area contributed by atoms with E-state index in [0.29, 0.717) is 10.6 Å². The molecule has 4 nitrogen and oxygen atoms in total. The third-order valence-corrected chi connectivity index (χ3v) is 7.70. The standard InChI is InChI=1S/C26H25O4P/c1-29-23-11-3-19(4-12-23)21-7-15-25(16-8-21)31(27,28)26-17-9-22(10-18-26)20-5-13-24(30-2)14-6-20/h3-18,27-28,31H,1-2H3. The molecule has 31 heavy (non-hydrogen) atoms. The summed E-state index contributed by atoms with van der Waals surface area (Å²) in [4.78, 5) is 22.0. The van der Waals surface area contributed by atoms with Gasteiger partial charge in [0.15, 0.2) is 0 Å². The molecule has 0 fully saturated rings. The van der Waals surface area contributed by atoms with Crippen molar-refractivity contribution in [2.45, 2.75) is 0 Å². The van der Waals surface area contributed by atoms with Gasteiger partial charge in [-0.3, -0.25) is 0 Å². The van der Waals surface area contributed by atoms with Gasteiger partial charge in [-0.05, 0) is 0 Å². The molecule has 0 aliphatic rings. The van der Waals surface area contributed by atoms with Gasteiger partial charge >= 0.3 is 183 Å². The van der Waals surface area contributed by atoms with Crippen LogP contribution in [-0.4, -0.2) is 24.0 Å². The molecular weight excluding hydrogens is 407 g/mol. The van der Waals surface area contributed by atoms with Gasteiger partial charge in [0.25, 0.3) is 0 Å². The topological polar surface area (TPSA) is 58.9 Å². The first-order valence-corrected chi connectivity index (χ1v) is 11.9. The second-order valence-electron chi connectivity index (χ2n) is 7.28. The summed E-state index contributed by atoms with van der Waals surface area (Å²) in [7, 11) is -0.495. The molecule has 4 aromatic carbocycles. The van der Waals surface area contributed by atoms with E-state index in [2.05, 4.69) is 0 Å². The normalized spacial score (nSPS) is 11.7. The molecule has 0 radical (unpaired) electrons. The summed E-state index contributed by atoms with van der Waals surface area (Å²) in [6, 6.07) is 30.4. The van der Waals surface area contributed by atoms with Crippen LogP contribution in [0.5, 0.6) is 11.5 Å². The van der Waals surface area contributed by atoms with Gasteiger partial charge in [-0.15, -0.1) is 0 Å². The van der Waals surface area contributed by atoms with Crippen LogP contribution < -0.4 is 20.1 Å². The third-order valence-electron chi connectivity index (χ3n) is 5.42. The minimum absolute atomic E-state index is 0.543. The average Bonchev–Trinajstić information content (AvgIpc) is 2.84. The molecule has 158 valence electrons. The summed E-state index contributed by atoms with van der Waals surface area (Å²) in [5.74, 6) is 1.60. The Bertz CT molecular complexity index is 1040.